The molecule has 0 N–H and O–H groups in total. The van der Waals surface area contributed by atoms with Gasteiger partial charge < -0.3 is 0 Å². The summed E-state index contributed by atoms with van der Waals surface area (Å²) < 4.78 is 26.3. The van der Waals surface area contributed by atoms with E-state index >= 15 is 0 Å². The molecule has 2 nitrogen and oxygen atoms in total. The third kappa shape index (κ3) is 1.39. The molecule has 1 aromatic heterocycles. The van der Waals surface area contributed by atoms with Gasteiger partial charge in [0.1, 0.15) is 6.33 Å². The predicted octanol–water partition coefficient (Wildman–Crippen LogP) is 1.92. The summed E-state index contributed by atoms with van der Waals surface area (Å²) in [5.74, 6) is -1.95. The quantitative estimate of drug-likeness (QED) is 0.567. The average molecular weight is 160 g/mol. The summed E-state index contributed by atoms with van der Waals surface area (Å²) in [6.07, 6.45) is 1.16. The van der Waals surface area contributed by atoms with E-state index < -0.39 is 17.4 Å². The Balaban J connectivity index is 3.15. The Bertz CT molecular complexity index is 260. The van der Waals surface area contributed by atoms with Gasteiger partial charge in [-0.25, -0.2) is 4.98 Å². The largest absolute Gasteiger partial charge is 0.300 e. The molecule has 0 spiro atoms. The van der Waals surface area contributed by atoms with Crippen LogP contribution in [0.2, 0.25) is 0 Å². The Hall–Kier alpha value is -0.930. The molecule has 0 unspecified atom stereocenters. The topological polar surface area (TPSA) is 17.8 Å². The van der Waals surface area contributed by atoms with Crippen LogP contribution >= 0.6 is 0 Å². The molecule has 0 aliphatic rings. The zero-order chi connectivity index (χ0) is 8.65. The van der Waals surface area contributed by atoms with Crippen molar-refractivity contribution in [1.82, 2.24) is 9.55 Å². The highest BCUT2D eigenvalue weighted by Gasteiger charge is 2.19. The second kappa shape index (κ2) is 2.29. The molecule has 1 aromatic rings. The first kappa shape index (κ1) is 8.17. The van der Waals surface area contributed by atoms with Crippen LogP contribution in [0.1, 0.15) is 20.8 Å². The molecule has 0 saturated carbocycles. The lowest BCUT2D eigenvalue weighted by Gasteiger charge is -2.20. The van der Waals surface area contributed by atoms with E-state index in [1.807, 2.05) is 0 Å². The third-order valence-corrected chi connectivity index (χ3v) is 1.39. The minimum atomic E-state index is -1.04. The lowest BCUT2D eigenvalue weighted by molar-refractivity contribution is 0.322. The molecule has 62 valence electrons. The number of imidazole rings is 1. The molecule has 0 aromatic carbocycles. The smallest absolute Gasteiger partial charge is 0.268 e. The summed E-state index contributed by atoms with van der Waals surface area (Å²) in [6.45, 7) is 5.32. The Morgan fingerprint density at radius 1 is 1.36 bits per heavy atom. The monoisotopic (exact) mass is 160 g/mol. The van der Waals surface area contributed by atoms with Crippen LogP contribution in [-0.4, -0.2) is 9.55 Å². The van der Waals surface area contributed by atoms with Crippen molar-refractivity contribution in [2.75, 3.05) is 0 Å². The maximum Gasteiger partial charge on any atom is 0.268 e. The zero-order valence-electron chi connectivity index (χ0n) is 6.73. The highest BCUT2D eigenvalue weighted by atomic mass is 19.2. The minimum Gasteiger partial charge on any atom is -0.300 e. The van der Waals surface area contributed by atoms with Gasteiger partial charge in [-0.15, -0.1) is 0 Å². The van der Waals surface area contributed by atoms with Gasteiger partial charge >= 0.3 is 0 Å². The normalized spacial score (nSPS) is 12.1. The Morgan fingerprint density at radius 3 is 2.09 bits per heavy atom. The first-order chi connectivity index (χ1) is 4.93. The van der Waals surface area contributed by atoms with E-state index in [4.69, 9.17) is 0 Å². The lowest BCUT2D eigenvalue weighted by atomic mass is 10.1. The molecule has 1 rings (SSSR count). The Kier molecular flexibility index (Phi) is 1.70. The molecule has 0 atom stereocenters. The van der Waals surface area contributed by atoms with Crippen molar-refractivity contribution in [3.8, 4) is 0 Å². The van der Waals surface area contributed by atoms with Gasteiger partial charge in [0.2, 0.25) is 0 Å². The van der Waals surface area contributed by atoms with Crippen molar-refractivity contribution in [2.45, 2.75) is 26.3 Å². The fourth-order valence-electron chi connectivity index (χ4n) is 0.779. The van der Waals surface area contributed by atoms with Gasteiger partial charge in [-0.1, -0.05) is 0 Å². The van der Waals surface area contributed by atoms with Crippen LogP contribution in [0.5, 0.6) is 0 Å². The molecule has 0 radical (unpaired) electrons. The highest BCUT2D eigenvalue weighted by molar-refractivity contribution is 4.89. The van der Waals surface area contributed by atoms with Crippen LogP contribution in [0.3, 0.4) is 0 Å². The maximum absolute atomic E-state index is 12.8. The van der Waals surface area contributed by atoms with Crippen molar-refractivity contribution >= 4 is 0 Å². The summed E-state index contributed by atoms with van der Waals surface area (Å²) >= 11 is 0. The molecule has 11 heavy (non-hydrogen) atoms. The average Bonchev–Trinajstić information content (AvgIpc) is 2.11. The predicted molar refractivity (Wildman–Crippen MR) is 37.1 cm³/mol. The number of halogens is 2. The molecule has 0 amide bonds. The van der Waals surface area contributed by atoms with Crippen molar-refractivity contribution in [2.24, 2.45) is 0 Å². The SMILES string of the molecule is CC(C)(C)n1cnc(F)c1F. The summed E-state index contributed by atoms with van der Waals surface area (Å²) in [5, 5.41) is 0. The Morgan fingerprint density at radius 2 is 1.91 bits per heavy atom. The lowest BCUT2D eigenvalue weighted by Crippen LogP contribution is -2.22. The van der Waals surface area contributed by atoms with Crippen LogP contribution in [-0.2, 0) is 5.54 Å². The van der Waals surface area contributed by atoms with Crippen LogP contribution in [0.25, 0.3) is 0 Å². The van der Waals surface area contributed by atoms with E-state index in [0.717, 1.165) is 10.9 Å². The second-order valence-corrected chi connectivity index (χ2v) is 3.37. The van der Waals surface area contributed by atoms with E-state index in [-0.39, 0.29) is 0 Å². The minimum absolute atomic E-state index is 0.457. The summed E-state index contributed by atoms with van der Waals surface area (Å²) in [4.78, 5) is 3.20. The van der Waals surface area contributed by atoms with Crippen molar-refractivity contribution in [3.63, 3.8) is 0 Å². The standard InChI is InChI=1S/C7H10F2N2/c1-7(2,3)11-4-10-5(8)6(11)9/h4H,1-3H3. The van der Waals surface area contributed by atoms with Gasteiger partial charge in [-0.2, -0.15) is 8.78 Å². The second-order valence-electron chi connectivity index (χ2n) is 3.37. The van der Waals surface area contributed by atoms with Gasteiger partial charge in [-0.05, 0) is 20.8 Å². The fraction of sp³-hybridized carbons (Fsp3) is 0.571. The van der Waals surface area contributed by atoms with Crippen molar-refractivity contribution in [3.05, 3.63) is 18.2 Å². The van der Waals surface area contributed by atoms with E-state index in [2.05, 4.69) is 4.98 Å². The Labute approximate surface area is 63.9 Å². The van der Waals surface area contributed by atoms with Crippen molar-refractivity contribution < 1.29 is 8.78 Å². The molecular weight excluding hydrogens is 150 g/mol. The van der Waals surface area contributed by atoms with Gasteiger partial charge in [-0.3, -0.25) is 4.57 Å². The molecule has 1 heterocycles. The summed E-state index contributed by atoms with van der Waals surface area (Å²) in [6, 6.07) is 0. The molecule has 0 aliphatic heterocycles. The first-order valence-electron chi connectivity index (χ1n) is 3.32. The first-order valence-corrected chi connectivity index (χ1v) is 3.32. The molecule has 4 heteroatoms. The van der Waals surface area contributed by atoms with E-state index in [9.17, 15) is 8.78 Å². The van der Waals surface area contributed by atoms with Gasteiger partial charge in [0.15, 0.2) is 0 Å². The number of hydrogen-bond donors (Lipinski definition) is 0. The van der Waals surface area contributed by atoms with E-state index in [0.29, 0.717) is 0 Å². The van der Waals surface area contributed by atoms with Gasteiger partial charge in [0, 0.05) is 5.54 Å². The molecule has 0 fully saturated rings. The fourth-order valence-corrected chi connectivity index (χ4v) is 0.779. The van der Waals surface area contributed by atoms with E-state index in [1.54, 1.807) is 20.8 Å². The molecular formula is C7H10F2N2. The van der Waals surface area contributed by atoms with Gasteiger partial charge in [0.05, 0.1) is 0 Å². The van der Waals surface area contributed by atoms with Crippen LogP contribution in [0.4, 0.5) is 8.78 Å². The van der Waals surface area contributed by atoms with Crippen LogP contribution in [0, 0.1) is 11.9 Å². The molecule has 0 saturated heterocycles. The van der Waals surface area contributed by atoms with Crippen molar-refractivity contribution in [1.29, 1.82) is 0 Å². The van der Waals surface area contributed by atoms with Crippen LogP contribution in [0.15, 0.2) is 6.33 Å². The number of hydrogen-bond acceptors (Lipinski definition) is 1. The summed E-state index contributed by atoms with van der Waals surface area (Å²) in [7, 11) is 0. The van der Waals surface area contributed by atoms with Crippen LogP contribution < -0.4 is 0 Å². The summed E-state index contributed by atoms with van der Waals surface area (Å²) in [5.41, 5.74) is -0.457. The number of nitrogens with zero attached hydrogens (tertiary/aromatic N) is 2. The van der Waals surface area contributed by atoms with Gasteiger partial charge in [0.25, 0.3) is 11.9 Å². The maximum atomic E-state index is 12.8. The number of aromatic nitrogens is 2. The van der Waals surface area contributed by atoms with E-state index in [1.165, 1.54) is 0 Å². The third-order valence-electron chi connectivity index (χ3n) is 1.39. The molecule has 0 bridgehead atoms. The highest BCUT2D eigenvalue weighted by Crippen LogP contribution is 2.16. The molecule has 0 aliphatic carbocycles. The zero-order valence-corrected chi connectivity index (χ0v) is 6.73. The number of rotatable bonds is 0.